The number of rotatable bonds is 2. The zero-order chi connectivity index (χ0) is 9.97. The molecule has 0 atom stereocenters. The summed E-state index contributed by atoms with van der Waals surface area (Å²) < 4.78 is 0. The zero-order valence-electron chi connectivity index (χ0n) is 7.24. The van der Waals surface area contributed by atoms with E-state index in [0.717, 1.165) is 16.7 Å². The molecule has 0 aliphatic heterocycles. The van der Waals surface area contributed by atoms with E-state index in [1.54, 1.807) is 23.5 Å². The summed E-state index contributed by atoms with van der Waals surface area (Å²) in [5.74, 6) is 0. The first kappa shape index (κ1) is 9.44. The maximum absolute atomic E-state index is 10.7. The Morgan fingerprint density at radius 2 is 2.14 bits per heavy atom. The molecule has 0 aliphatic carbocycles. The molecule has 0 saturated carbocycles. The molecule has 0 amide bonds. The van der Waals surface area contributed by atoms with Crippen LogP contribution in [-0.4, -0.2) is 6.29 Å². The summed E-state index contributed by atoms with van der Waals surface area (Å²) in [4.78, 5) is 11.8. The van der Waals surface area contributed by atoms with Gasteiger partial charge in [-0.2, -0.15) is 0 Å². The van der Waals surface area contributed by atoms with Gasteiger partial charge in [0.2, 0.25) is 0 Å². The summed E-state index contributed by atoms with van der Waals surface area (Å²) in [6.07, 6.45) is 0.777. The van der Waals surface area contributed by atoms with Gasteiger partial charge in [0.25, 0.3) is 0 Å². The van der Waals surface area contributed by atoms with E-state index in [0.29, 0.717) is 10.6 Å². The molecule has 3 heteroatoms. The zero-order valence-corrected chi connectivity index (χ0v) is 8.81. The molecule has 0 radical (unpaired) electrons. The summed E-state index contributed by atoms with van der Waals surface area (Å²) in [6.45, 7) is 0. The van der Waals surface area contributed by atoms with Crippen LogP contribution in [0.3, 0.4) is 0 Å². The van der Waals surface area contributed by atoms with Gasteiger partial charge in [-0.05, 0) is 29.1 Å². The Kier molecular flexibility index (Phi) is 2.66. The molecule has 1 heterocycles. The van der Waals surface area contributed by atoms with Crippen molar-refractivity contribution in [1.82, 2.24) is 0 Å². The largest absolute Gasteiger partial charge is 0.298 e. The topological polar surface area (TPSA) is 17.1 Å². The van der Waals surface area contributed by atoms with Gasteiger partial charge in [0, 0.05) is 10.4 Å². The van der Waals surface area contributed by atoms with Crippen molar-refractivity contribution in [3.8, 4) is 10.4 Å². The van der Waals surface area contributed by atoms with Crippen LogP contribution in [0.1, 0.15) is 10.4 Å². The molecule has 0 aliphatic rings. The average Bonchev–Trinajstić information content (AvgIpc) is 2.71. The second-order valence-electron chi connectivity index (χ2n) is 2.83. The third-order valence-electron chi connectivity index (χ3n) is 1.93. The van der Waals surface area contributed by atoms with Crippen LogP contribution in [0.2, 0.25) is 5.02 Å². The number of carbonyl (C=O) groups is 1. The molecule has 70 valence electrons. The minimum atomic E-state index is 0.500. The predicted octanol–water partition coefficient (Wildman–Crippen LogP) is 3.88. The van der Waals surface area contributed by atoms with Crippen LogP contribution in [0.25, 0.3) is 10.4 Å². The van der Waals surface area contributed by atoms with Crippen LogP contribution in [-0.2, 0) is 0 Å². The van der Waals surface area contributed by atoms with E-state index in [9.17, 15) is 4.79 Å². The second-order valence-corrected chi connectivity index (χ2v) is 4.19. The van der Waals surface area contributed by atoms with Gasteiger partial charge in [-0.1, -0.05) is 23.7 Å². The van der Waals surface area contributed by atoms with Crippen LogP contribution in [0.4, 0.5) is 0 Å². The Labute approximate surface area is 91.0 Å². The quantitative estimate of drug-likeness (QED) is 0.705. The monoisotopic (exact) mass is 222 g/mol. The van der Waals surface area contributed by atoms with Crippen LogP contribution in [0.15, 0.2) is 35.7 Å². The molecule has 2 aromatic rings. The lowest BCUT2D eigenvalue weighted by molar-refractivity contribution is 0.112. The van der Waals surface area contributed by atoms with Crippen LogP contribution < -0.4 is 0 Å². The van der Waals surface area contributed by atoms with Gasteiger partial charge >= 0.3 is 0 Å². The van der Waals surface area contributed by atoms with E-state index in [4.69, 9.17) is 11.6 Å². The first-order valence-corrected chi connectivity index (χ1v) is 5.35. The lowest BCUT2D eigenvalue weighted by Gasteiger charge is -2.00. The third kappa shape index (κ3) is 1.72. The molecule has 14 heavy (non-hydrogen) atoms. The van der Waals surface area contributed by atoms with E-state index in [-0.39, 0.29) is 0 Å². The minimum Gasteiger partial charge on any atom is -0.298 e. The lowest BCUT2D eigenvalue weighted by atomic mass is 10.1. The van der Waals surface area contributed by atoms with Crippen molar-refractivity contribution in [1.29, 1.82) is 0 Å². The van der Waals surface area contributed by atoms with Crippen LogP contribution in [0, 0.1) is 0 Å². The molecule has 0 saturated heterocycles. The lowest BCUT2D eigenvalue weighted by Crippen LogP contribution is -1.82. The molecule has 0 spiro atoms. The van der Waals surface area contributed by atoms with Gasteiger partial charge in [-0.3, -0.25) is 4.79 Å². The second kappa shape index (κ2) is 3.95. The molecule has 1 aromatic heterocycles. The molecule has 1 nitrogen and oxygen atoms in total. The van der Waals surface area contributed by atoms with E-state index in [2.05, 4.69) is 0 Å². The van der Waals surface area contributed by atoms with Crippen molar-refractivity contribution >= 4 is 29.2 Å². The van der Waals surface area contributed by atoms with Crippen molar-refractivity contribution in [3.63, 3.8) is 0 Å². The summed E-state index contributed by atoms with van der Waals surface area (Å²) in [5, 5.41) is 2.50. The number of carbonyl (C=O) groups excluding carboxylic acids is 1. The molecule has 0 bridgehead atoms. The first-order valence-electron chi connectivity index (χ1n) is 4.10. The number of hydrogen-bond donors (Lipinski definition) is 0. The Hall–Kier alpha value is -1.12. The van der Waals surface area contributed by atoms with Crippen molar-refractivity contribution in [3.05, 3.63) is 46.3 Å². The summed E-state index contributed by atoms with van der Waals surface area (Å²) in [6, 6.07) is 9.47. The fourth-order valence-corrected chi connectivity index (χ4v) is 2.12. The van der Waals surface area contributed by atoms with Gasteiger partial charge in [-0.25, -0.2) is 0 Å². The van der Waals surface area contributed by atoms with E-state index < -0.39 is 0 Å². The van der Waals surface area contributed by atoms with Gasteiger partial charge in [0.1, 0.15) is 0 Å². The summed E-state index contributed by atoms with van der Waals surface area (Å²) in [5.41, 5.74) is 1.57. The highest BCUT2D eigenvalue weighted by atomic mass is 35.5. The number of benzene rings is 1. The average molecular weight is 223 g/mol. The summed E-state index contributed by atoms with van der Waals surface area (Å²) >= 11 is 7.47. The highest BCUT2D eigenvalue weighted by Crippen LogP contribution is 2.27. The number of halogens is 1. The van der Waals surface area contributed by atoms with Crippen molar-refractivity contribution in [2.24, 2.45) is 0 Å². The first-order chi connectivity index (χ1) is 6.81. The molecule has 0 fully saturated rings. The van der Waals surface area contributed by atoms with Gasteiger partial charge in [0.15, 0.2) is 6.29 Å². The Balaban J connectivity index is 2.51. The normalized spacial score (nSPS) is 10.1. The number of thiophene rings is 1. The standard InChI is InChI=1S/C11H7ClOS/c12-10-4-3-8(6-9(10)7-13)11-2-1-5-14-11/h1-7H. The van der Waals surface area contributed by atoms with Gasteiger partial charge in [-0.15, -0.1) is 11.3 Å². The number of hydrogen-bond acceptors (Lipinski definition) is 2. The predicted molar refractivity (Wildman–Crippen MR) is 60.2 cm³/mol. The molecule has 1 aromatic carbocycles. The van der Waals surface area contributed by atoms with Gasteiger partial charge < -0.3 is 0 Å². The number of aldehydes is 1. The van der Waals surface area contributed by atoms with E-state index in [1.807, 2.05) is 23.6 Å². The van der Waals surface area contributed by atoms with Crippen LogP contribution >= 0.6 is 22.9 Å². The Morgan fingerprint density at radius 1 is 1.29 bits per heavy atom. The fraction of sp³-hybridized carbons (Fsp3) is 0. The van der Waals surface area contributed by atoms with Crippen molar-refractivity contribution in [2.45, 2.75) is 0 Å². The van der Waals surface area contributed by atoms with Crippen molar-refractivity contribution < 1.29 is 4.79 Å². The Bertz CT molecular complexity index is 448. The van der Waals surface area contributed by atoms with E-state index in [1.165, 1.54) is 0 Å². The van der Waals surface area contributed by atoms with Crippen LogP contribution in [0.5, 0.6) is 0 Å². The minimum absolute atomic E-state index is 0.500. The molecule has 2 rings (SSSR count). The van der Waals surface area contributed by atoms with E-state index >= 15 is 0 Å². The SMILES string of the molecule is O=Cc1cc(-c2cccs2)ccc1Cl. The molecular weight excluding hydrogens is 216 g/mol. The highest BCUT2D eigenvalue weighted by Gasteiger charge is 2.03. The smallest absolute Gasteiger partial charge is 0.151 e. The Morgan fingerprint density at radius 3 is 2.79 bits per heavy atom. The maximum Gasteiger partial charge on any atom is 0.151 e. The van der Waals surface area contributed by atoms with Crippen molar-refractivity contribution in [2.75, 3.05) is 0 Å². The molecule has 0 unspecified atom stereocenters. The highest BCUT2D eigenvalue weighted by molar-refractivity contribution is 7.13. The molecular formula is C11H7ClOS. The summed E-state index contributed by atoms with van der Waals surface area (Å²) in [7, 11) is 0. The molecule has 0 N–H and O–H groups in total. The van der Waals surface area contributed by atoms with Gasteiger partial charge in [0.05, 0.1) is 5.02 Å². The third-order valence-corrected chi connectivity index (χ3v) is 3.19. The maximum atomic E-state index is 10.7. The fourth-order valence-electron chi connectivity index (χ4n) is 1.23.